The average molecular weight is 661 g/mol. The highest BCUT2D eigenvalue weighted by Gasteiger charge is 2.25. The molecule has 6 rings (SSSR count). The van der Waals surface area contributed by atoms with Crippen molar-refractivity contribution >= 4 is 71.2 Å². The molecular formula is C29H24N8O7S2. The third kappa shape index (κ3) is 5.88. The lowest BCUT2D eigenvalue weighted by Gasteiger charge is -2.22. The van der Waals surface area contributed by atoms with Crippen molar-refractivity contribution in [2.24, 2.45) is 20.5 Å². The highest BCUT2D eigenvalue weighted by atomic mass is 32.3. The summed E-state index contributed by atoms with van der Waals surface area (Å²) in [6, 6.07) is 19.9. The van der Waals surface area contributed by atoms with Crippen LogP contribution in [-0.4, -0.2) is 46.5 Å². The van der Waals surface area contributed by atoms with E-state index in [-0.39, 0.29) is 33.2 Å². The molecule has 0 aliphatic rings. The van der Waals surface area contributed by atoms with Gasteiger partial charge < -0.3 is 24.5 Å². The van der Waals surface area contributed by atoms with Crippen molar-refractivity contribution in [3.8, 4) is 11.4 Å². The Morgan fingerprint density at radius 1 is 0.804 bits per heavy atom. The molecule has 15 nitrogen and oxygen atoms in total. The van der Waals surface area contributed by atoms with Gasteiger partial charge in [0.2, 0.25) is 0 Å². The lowest BCUT2D eigenvalue weighted by Crippen LogP contribution is -2.03. The Kier molecular flexibility index (Phi) is 7.72. The molecule has 0 unspecified atom stereocenters. The molecule has 0 amide bonds. The molecule has 0 bridgehead atoms. The van der Waals surface area contributed by atoms with Gasteiger partial charge in [0, 0.05) is 17.0 Å². The van der Waals surface area contributed by atoms with Gasteiger partial charge >= 0.3 is 0 Å². The summed E-state index contributed by atoms with van der Waals surface area (Å²) < 4.78 is 63.7. The highest BCUT2D eigenvalue weighted by molar-refractivity contribution is 8.19. The normalized spacial score (nSPS) is 13.0. The second-order valence-corrected chi connectivity index (χ2v) is 12.8. The zero-order valence-electron chi connectivity index (χ0n) is 23.7. The van der Waals surface area contributed by atoms with Gasteiger partial charge in [0.15, 0.2) is 17.3 Å². The first-order valence-electron chi connectivity index (χ1n) is 13.2. The van der Waals surface area contributed by atoms with Crippen LogP contribution in [0.2, 0.25) is 0 Å². The van der Waals surface area contributed by atoms with Crippen LogP contribution in [0.25, 0.3) is 27.4 Å². The third-order valence-electron chi connectivity index (χ3n) is 6.91. The summed E-state index contributed by atoms with van der Waals surface area (Å²) in [5.41, 5.74) is 8.12. The number of pyridine rings is 1. The van der Waals surface area contributed by atoms with Crippen molar-refractivity contribution < 1.29 is 31.7 Å². The van der Waals surface area contributed by atoms with E-state index in [1.807, 2.05) is 12.1 Å². The Morgan fingerprint density at radius 3 is 2.24 bits per heavy atom. The van der Waals surface area contributed by atoms with Crippen LogP contribution in [0.15, 0.2) is 115 Å². The number of fused-ring (bicyclic) bond motifs is 2. The largest absolute Gasteiger partial charge is 0.505 e. The van der Waals surface area contributed by atoms with Crippen molar-refractivity contribution in [1.29, 1.82) is 0 Å². The number of aromatic hydroxyl groups is 1. The van der Waals surface area contributed by atoms with E-state index >= 15 is 0 Å². The summed E-state index contributed by atoms with van der Waals surface area (Å²) in [5, 5.41) is 33.6. The Bertz CT molecular complexity index is 2310. The summed E-state index contributed by atoms with van der Waals surface area (Å²) in [5.74, 6) is -0.389. The maximum absolute atomic E-state index is 11.4. The first kappa shape index (κ1) is 30.7. The molecule has 0 radical (unpaired) electrons. The molecule has 234 valence electrons. The third-order valence-corrected chi connectivity index (χ3v) is 8.68. The highest BCUT2D eigenvalue weighted by Crippen LogP contribution is 2.54. The average Bonchev–Trinajstić information content (AvgIpc) is 3.31. The van der Waals surface area contributed by atoms with E-state index in [2.05, 4.69) is 30.5 Å². The van der Waals surface area contributed by atoms with Crippen molar-refractivity contribution in [2.75, 3.05) is 5.73 Å². The summed E-state index contributed by atoms with van der Waals surface area (Å²) >= 11 is 0. The topological polar surface area (TPSA) is 241 Å². The molecule has 7 N–H and O–H groups in total. The number of benzene rings is 4. The Balaban J connectivity index is 1.38. The van der Waals surface area contributed by atoms with Crippen LogP contribution in [0.1, 0.15) is 5.69 Å². The second kappa shape index (κ2) is 11.6. The molecule has 0 saturated carbocycles. The monoisotopic (exact) mass is 660 g/mol. The summed E-state index contributed by atoms with van der Waals surface area (Å²) in [6.45, 7) is 1.65. The van der Waals surface area contributed by atoms with Crippen molar-refractivity contribution in [2.45, 2.75) is 16.7 Å². The number of azo groups is 2. The van der Waals surface area contributed by atoms with Crippen LogP contribution in [0.3, 0.4) is 0 Å². The predicted molar refractivity (Wildman–Crippen MR) is 172 cm³/mol. The van der Waals surface area contributed by atoms with Gasteiger partial charge in [-0.3, -0.25) is 9.54 Å². The Labute approximate surface area is 262 Å². The van der Waals surface area contributed by atoms with Gasteiger partial charge in [-0.1, -0.05) is 24.3 Å². The number of hydrogen-bond donors (Lipinski definition) is 6. The van der Waals surface area contributed by atoms with E-state index in [4.69, 9.17) is 5.73 Å². The van der Waals surface area contributed by atoms with Crippen LogP contribution < -0.4 is 5.73 Å². The molecule has 0 aliphatic carbocycles. The van der Waals surface area contributed by atoms with Gasteiger partial charge in [0.05, 0.1) is 32.4 Å². The number of rotatable bonds is 7. The van der Waals surface area contributed by atoms with Crippen LogP contribution in [-0.2, 0) is 10.1 Å². The first-order chi connectivity index (χ1) is 21.8. The number of nitrogens with two attached hydrogens (primary N) is 1. The minimum Gasteiger partial charge on any atom is -0.505 e. The molecule has 2 heterocycles. The molecule has 0 atom stereocenters. The van der Waals surface area contributed by atoms with Gasteiger partial charge in [-0.15, -0.1) is 15.3 Å². The first-order valence-corrected chi connectivity index (χ1v) is 16.2. The van der Waals surface area contributed by atoms with E-state index in [0.29, 0.717) is 28.0 Å². The van der Waals surface area contributed by atoms with Crippen LogP contribution in [0, 0.1) is 6.92 Å². The number of aryl methyl sites for hydroxylation is 1. The summed E-state index contributed by atoms with van der Waals surface area (Å²) in [6.07, 6.45) is 1.59. The fourth-order valence-electron chi connectivity index (χ4n) is 4.69. The number of phenolic OH excluding ortho intramolecular Hbond substituents is 1. The summed E-state index contributed by atoms with van der Waals surface area (Å²) in [4.78, 5) is 3.60. The lowest BCUT2D eigenvalue weighted by molar-refractivity contribution is 0.375. The molecule has 0 saturated heterocycles. The predicted octanol–water partition coefficient (Wildman–Crippen LogP) is 7.83. The number of aromatic nitrogens is 3. The van der Waals surface area contributed by atoms with E-state index in [9.17, 15) is 31.7 Å². The lowest BCUT2D eigenvalue weighted by atomic mass is 10.1. The quantitative estimate of drug-likeness (QED) is 0.0715. The van der Waals surface area contributed by atoms with Crippen LogP contribution >= 0.6 is 10.9 Å². The van der Waals surface area contributed by atoms with E-state index in [0.717, 1.165) is 5.39 Å². The van der Waals surface area contributed by atoms with E-state index < -0.39 is 31.6 Å². The van der Waals surface area contributed by atoms with Gasteiger partial charge in [0.1, 0.15) is 22.2 Å². The van der Waals surface area contributed by atoms with Crippen molar-refractivity contribution in [3.05, 3.63) is 90.8 Å². The fourth-order valence-corrected chi connectivity index (χ4v) is 5.86. The molecule has 17 heteroatoms. The minimum atomic E-state index is -4.37. The molecular weight excluding hydrogens is 637 g/mol. The number of phenols is 1. The van der Waals surface area contributed by atoms with Gasteiger partial charge in [0.25, 0.3) is 10.1 Å². The number of hydrogen-bond acceptors (Lipinski definition) is 13. The standard InChI is InChI=1S/C29H24N8O7S2/c1-16-25(29(30)37(36-16)20-9-11-21(12-10-20)45(39,40)41)34-32-19-8-7-18-14-24(46(42,43)44)27(28(38)22(18)15-19)35-33-23-6-2-4-17-5-3-13-31-26(17)23/h2-15,38,42-44H,30H2,1H3,(H,39,40,41). The Hall–Kier alpha value is -5.30. The minimum absolute atomic E-state index is 0.105. The van der Waals surface area contributed by atoms with Crippen LogP contribution in [0.5, 0.6) is 5.75 Å². The smallest absolute Gasteiger partial charge is 0.294 e. The number of nitrogen functional groups attached to an aromatic ring is 1. The van der Waals surface area contributed by atoms with Crippen molar-refractivity contribution in [3.63, 3.8) is 0 Å². The number of para-hydroxylation sites is 1. The number of nitrogens with zero attached hydrogens (tertiary/aromatic N) is 7. The molecule has 4 aromatic carbocycles. The zero-order valence-corrected chi connectivity index (χ0v) is 25.3. The molecule has 6 aromatic rings. The fraction of sp³-hybridized carbons (Fsp3) is 0.0345. The van der Waals surface area contributed by atoms with E-state index in [1.54, 1.807) is 37.4 Å². The van der Waals surface area contributed by atoms with Gasteiger partial charge in [-0.2, -0.15) is 18.6 Å². The molecule has 46 heavy (non-hydrogen) atoms. The molecule has 2 aromatic heterocycles. The maximum Gasteiger partial charge on any atom is 0.294 e. The molecule has 0 fully saturated rings. The van der Waals surface area contributed by atoms with Crippen LogP contribution in [0.4, 0.5) is 28.6 Å². The van der Waals surface area contributed by atoms with Gasteiger partial charge in [-0.05, 0) is 66.9 Å². The zero-order chi connectivity index (χ0) is 32.8. The number of anilines is 1. The van der Waals surface area contributed by atoms with E-state index in [1.165, 1.54) is 47.1 Å². The maximum atomic E-state index is 11.4. The molecule has 0 aliphatic heterocycles. The Morgan fingerprint density at radius 2 is 1.52 bits per heavy atom. The molecule has 0 spiro atoms. The van der Waals surface area contributed by atoms with Gasteiger partial charge in [-0.25, -0.2) is 4.68 Å². The van der Waals surface area contributed by atoms with Crippen molar-refractivity contribution in [1.82, 2.24) is 14.8 Å². The summed E-state index contributed by atoms with van der Waals surface area (Å²) in [7, 11) is -8.70. The SMILES string of the molecule is Cc1nn(-c2ccc(S(=O)(=O)O)cc2)c(N)c1N=Nc1ccc2cc(S(O)(O)O)c(N=Nc3cccc4cccnc34)c(O)c2c1. The second-order valence-electron chi connectivity index (χ2n) is 9.95.